The van der Waals surface area contributed by atoms with Gasteiger partial charge in [-0.1, -0.05) is 24.3 Å². The molecule has 2 N–H and O–H groups in total. The Labute approximate surface area is 154 Å². The van der Waals surface area contributed by atoms with E-state index in [4.69, 9.17) is 4.74 Å². The normalized spacial score (nSPS) is 10.5. The molecule has 0 saturated heterocycles. The Bertz CT molecular complexity index is 908. The van der Waals surface area contributed by atoms with E-state index in [2.05, 4.69) is 52.6 Å². The zero-order valence-electron chi connectivity index (χ0n) is 15.6. The van der Waals surface area contributed by atoms with Gasteiger partial charge in [0.1, 0.15) is 11.6 Å². The summed E-state index contributed by atoms with van der Waals surface area (Å²) in [5, 5.41) is 6.66. The van der Waals surface area contributed by atoms with Crippen LogP contribution < -0.4 is 15.4 Å². The third kappa shape index (κ3) is 4.30. The second-order valence-corrected chi connectivity index (χ2v) is 6.22. The molecule has 0 amide bonds. The van der Waals surface area contributed by atoms with E-state index in [-0.39, 0.29) is 0 Å². The van der Waals surface area contributed by atoms with Crippen molar-refractivity contribution in [3.63, 3.8) is 0 Å². The highest BCUT2D eigenvalue weighted by molar-refractivity contribution is 5.66. The van der Waals surface area contributed by atoms with Crippen LogP contribution in [-0.4, -0.2) is 16.6 Å². The van der Waals surface area contributed by atoms with Gasteiger partial charge in [-0.15, -0.1) is 0 Å². The molecule has 0 radical (unpaired) electrons. The Morgan fingerprint density at radius 2 is 1.69 bits per heavy atom. The van der Waals surface area contributed by atoms with Gasteiger partial charge in [-0.05, 0) is 57.0 Å². The summed E-state index contributed by atoms with van der Waals surface area (Å²) in [5.41, 5.74) is 5.11. The molecule has 0 aliphatic carbocycles. The van der Waals surface area contributed by atoms with Gasteiger partial charge in [0.15, 0.2) is 0 Å². The molecule has 2 aromatic carbocycles. The lowest BCUT2D eigenvalue weighted by atomic mass is 10.1. The Hall–Kier alpha value is -3.08. The molecular weight excluding hydrogens is 324 g/mol. The lowest BCUT2D eigenvalue weighted by Crippen LogP contribution is -2.04. The van der Waals surface area contributed by atoms with Gasteiger partial charge in [0.05, 0.1) is 12.3 Å². The molecule has 0 fully saturated rings. The van der Waals surface area contributed by atoms with Crippen LogP contribution in [0.25, 0.3) is 0 Å². The first kappa shape index (κ1) is 17.7. The molecule has 1 heterocycles. The van der Waals surface area contributed by atoms with E-state index < -0.39 is 0 Å². The molecule has 26 heavy (non-hydrogen) atoms. The molecular formula is C21H24N4O. The minimum Gasteiger partial charge on any atom is -0.492 e. The average Bonchev–Trinajstić information content (AvgIpc) is 2.60. The van der Waals surface area contributed by atoms with Gasteiger partial charge in [-0.25, -0.2) is 4.98 Å². The third-order valence-corrected chi connectivity index (χ3v) is 3.94. The molecule has 134 valence electrons. The highest BCUT2D eigenvalue weighted by atomic mass is 16.5. The Balaban J connectivity index is 1.87. The second-order valence-electron chi connectivity index (χ2n) is 6.22. The first-order chi connectivity index (χ1) is 12.5. The van der Waals surface area contributed by atoms with Gasteiger partial charge in [0.25, 0.3) is 0 Å². The number of ether oxygens (including phenoxy) is 1. The van der Waals surface area contributed by atoms with E-state index in [0.717, 1.165) is 34.2 Å². The molecule has 0 atom stereocenters. The molecule has 5 heteroatoms. The summed E-state index contributed by atoms with van der Waals surface area (Å²) >= 11 is 0. The van der Waals surface area contributed by atoms with Crippen LogP contribution in [0.15, 0.2) is 48.5 Å². The maximum atomic E-state index is 5.67. The van der Waals surface area contributed by atoms with Crippen LogP contribution >= 0.6 is 0 Å². The van der Waals surface area contributed by atoms with Crippen LogP contribution in [0.2, 0.25) is 0 Å². The summed E-state index contributed by atoms with van der Waals surface area (Å²) < 4.78 is 5.67. The number of hydrogen-bond donors (Lipinski definition) is 2. The number of benzene rings is 2. The van der Waals surface area contributed by atoms with Crippen molar-refractivity contribution in [1.82, 2.24) is 9.97 Å². The number of hydrogen-bond acceptors (Lipinski definition) is 5. The van der Waals surface area contributed by atoms with Gasteiger partial charge in [-0.2, -0.15) is 4.98 Å². The van der Waals surface area contributed by atoms with E-state index in [1.54, 1.807) is 0 Å². The SMILES string of the molecule is CCOc1ccccc1Nc1cc(C)nc(Nc2cc(C)ccc2C)n1. The van der Waals surface area contributed by atoms with Crippen molar-refractivity contribution in [2.75, 3.05) is 17.2 Å². The van der Waals surface area contributed by atoms with Gasteiger partial charge >= 0.3 is 0 Å². The molecule has 5 nitrogen and oxygen atoms in total. The van der Waals surface area contributed by atoms with E-state index in [1.807, 2.05) is 44.2 Å². The number of para-hydroxylation sites is 2. The minimum atomic E-state index is 0.565. The summed E-state index contributed by atoms with van der Waals surface area (Å²) in [7, 11) is 0. The second kappa shape index (κ2) is 7.87. The fraction of sp³-hybridized carbons (Fsp3) is 0.238. The van der Waals surface area contributed by atoms with Crippen molar-refractivity contribution in [2.24, 2.45) is 0 Å². The number of nitrogens with one attached hydrogen (secondary N) is 2. The highest BCUT2D eigenvalue weighted by Gasteiger charge is 2.08. The van der Waals surface area contributed by atoms with Crippen molar-refractivity contribution >= 4 is 23.1 Å². The summed E-state index contributed by atoms with van der Waals surface area (Å²) in [6.07, 6.45) is 0. The fourth-order valence-corrected chi connectivity index (χ4v) is 2.67. The summed E-state index contributed by atoms with van der Waals surface area (Å²) in [5.74, 6) is 2.09. The van der Waals surface area contributed by atoms with Gasteiger partial charge in [0.2, 0.25) is 5.95 Å². The third-order valence-electron chi connectivity index (χ3n) is 3.94. The lowest BCUT2D eigenvalue weighted by molar-refractivity contribution is 0.342. The number of aromatic nitrogens is 2. The summed E-state index contributed by atoms with van der Waals surface area (Å²) in [6, 6.07) is 16.0. The molecule has 3 aromatic rings. The monoisotopic (exact) mass is 348 g/mol. The maximum Gasteiger partial charge on any atom is 0.229 e. The maximum absolute atomic E-state index is 5.67. The average molecular weight is 348 g/mol. The van der Waals surface area contributed by atoms with E-state index >= 15 is 0 Å². The molecule has 0 unspecified atom stereocenters. The first-order valence-corrected chi connectivity index (χ1v) is 8.74. The Morgan fingerprint density at radius 3 is 2.50 bits per heavy atom. The zero-order chi connectivity index (χ0) is 18.5. The molecule has 0 saturated carbocycles. The molecule has 0 bridgehead atoms. The molecule has 0 aliphatic heterocycles. The van der Waals surface area contributed by atoms with E-state index in [1.165, 1.54) is 5.56 Å². The Morgan fingerprint density at radius 1 is 0.885 bits per heavy atom. The minimum absolute atomic E-state index is 0.565. The predicted molar refractivity (Wildman–Crippen MR) is 107 cm³/mol. The Kier molecular flexibility index (Phi) is 5.37. The van der Waals surface area contributed by atoms with E-state index in [0.29, 0.717) is 12.6 Å². The number of aryl methyl sites for hydroxylation is 3. The molecule has 3 rings (SSSR count). The van der Waals surface area contributed by atoms with Crippen LogP contribution in [0.5, 0.6) is 5.75 Å². The van der Waals surface area contributed by atoms with Crippen molar-refractivity contribution in [3.05, 3.63) is 65.4 Å². The standard InChI is InChI=1S/C21H24N4O/c1-5-26-19-9-7-6-8-17(19)23-20-13-16(4)22-21(25-20)24-18-12-14(2)10-11-15(18)3/h6-13H,5H2,1-4H3,(H2,22,23,24,25). The number of anilines is 4. The molecule has 1 aromatic heterocycles. The van der Waals surface area contributed by atoms with E-state index in [9.17, 15) is 0 Å². The quantitative estimate of drug-likeness (QED) is 0.634. The van der Waals surface area contributed by atoms with Gasteiger partial charge in [-0.3, -0.25) is 0 Å². The largest absolute Gasteiger partial charge is 0.492 e. The summed E-state index contributed by atoms with van der Waals surface area (Å²) in [6.45, 7) is 8.67. The van der Waals surface area contributed by atoms with Crippen LogP contribution in [0.4, 0.5) is 23.1 Å². The number of rotatable bonds is 6. The first-order valence-electron chi connectivity index (χ1n) is 8.74. The lowest BCUT2D eigenvalue weighted by Gasteiger charge is -2.14. The predicted octanol–water partition coefficient (Wildman–Crippen LogP) is 5.29. The van der Waals surface area contributed by atoms with Crippen LogP contribution in [0.1, 0.15) is 23.7 Å². The topological polar surface area (TPSA) is 59.1 Å². The van der Waals surface area contributed by atoms with Gasteiger partial charge < -0.3 is 15.4 Å². The van der Waals surface area contributed by atoms with Crippen molar-refractivity contribution in [1.29, 1.82) is 0 Å². The van der Waals surface area contributed by atoms with Crippen molar-refractivity contribution in [3.8, 4) is 5.75 Å². The van der Waals surface area contributed by atoms with Crippen molar-refractivity contribution < 1.29 is 4.74 Å². The van der Waals surface area contributed by atoms with Crippen LogP contribution in [-0.2, 0) is 0 Å². The van der Waals surface area contributed by atoms with Gasteiger partial charge in [0, 0.05) is 17.4 Å². The van der Waals surface area contributed by atoms with Crippen LogP contribution in [0, 0.1) is 20.8 Å². The summed E-state index contributed by atoms with van der Waals surface area (Å²) in [4.78, 5) is 9.11. The van der Waals surface area contributed by atoms with Crippen LogP contribution in [0.3, 0.4) is 0 Å². The number of nitrogens with zero attached hydrogens (tertiary/aromatic N) is 2. The van der Waals surface area contributed by atoms with Crippen molar-refractivity contribution in [2.45, 2.75) is 27.7 Å². The fourth-order valence-electron chi connectivity index (χ4n) is 2.67. The molecule has 0 aliphatic rings. The molecule has 0 spiro atoms. The highest BCUT2D eigenvalue weighted by Crippen LogP contribution is 2.28. The zero-order valence-corrected chi connectivity index (χ0v) is 15.6. The smallest absolute Gasteiger partial charge is 0.229 e.